The number of nitrogens with zero attached hydrogens (tertiary/aromatic N) is 1. The minimum atomic E-state index is 0.526. The second kappa shape index (κ2) is 6.23. The van der Waals surface area contributed by atoms with Gasteiger partial charge in [-0.1, -0.05) is 33.1 Å². The van der Waals surface area contributed by atoms with Gasteiger partial charge in [0.2, 0.25) is 0 Å². The van der Waals surface area contributed by atoms with E-state index in [1.807, 2.05) is 0 Å². The van der Waals surface area contributed by atoms with Crippen molar-refractivity contribution in [2.24, 2.45) is 5.41 Å². The van der Waals surface area contributed by atoms with E-state index >= 15 is 0 Å². The Bertz CT molecular complexity index is 280. The molecule has 0 unspecified atom stereocenters. The molecule has 0 bridgehead atoms. The van der Waals surface area contributed by atoms with E-state index in [1.54, 1.807) is 0 Å². The molecular formula is C15H28N2S. The normalized spacial score (nSPS) is 24.2. The molecule has 2 nitrogen and oxygen atoms in total. The zero-order chi connectivity index (χ0) is 13.0. The van der Waals surface area contributed by atoms with Crippen molar-refractivity contribution in [3.05, 3.63) is 0 Å². The van der Waals surface area contributed by atoms with Crippen LogP contribution in [0.25, 0.3) is 0 Å². The fourth-order valence-electron chi connectivity index (χ4n) is 3.45. The lowest BCUT2D eigenvalue weighted by molar-refractivity contribution is 0.275. The molecule has 0 atom stereocenters. The predicted octanol–water partition coefficient (Wildman–Crippen LogP) is 3.71. The number of hydrogen-bond acceptors (Lipinski definition) is 1. The zero-order valence-corrected chi connectivity index (χ0v) is 12.8. The Morgan fingerprint density at radius 3 is 2.44 bits per heavy atom. The van der Waals surface area contributed by atoms with Gasteiger partial charge in [0.1, 0.15) is 0 Å². The first-order chi connectivity index (χ1) is 8.69. The summed E-state index contributed by atoms with van der Waals surface area (Å²) >= 11 is 5.61. The van der Waals surface area contributed by atoms with Crippen molar-refractivity contribution in [1.82, 2.24) is 10.2 Å². The molecule has 1 aliphatic carbocycles. The SMILES string of the molecule is CCC1(CC)CCN(C(=S)NC2CCCCC2)C1. The van der Waals surface area contributed by atoms with Gasteiger partial charge in [-0.15, -0.1) is 0 Å². The van der Waals surface area contributed by atoms with E-state index in [2.05, 4.69) is 24.1 Å². The maximum Gasteiger partial charge on any atom is 0.169 e. The highest BCUT2D eigenvalue weighted by Crippen LogP contribution is 2.37. The highest BCUT2D eigenvalue weighted by Gasteiger charge is 2.36. The van der Waals surface area contributed by atoms with Crippen molar-refractivity contribution in [1.29, 1.82) is 0 Å². The van der Waals surface area contributed by atoms with Crippen molar-refractivity contribution in [3.63, 3.8) is 0 Å². The maximum atomic E-state index is 5.61. The standard InChI is InChI=1S/C15H28N2S/c1-3-15(4-2)10-11-17(12-15)14(18)16-13-8-6-5-7-9-13/h13H,3-12H2,1-2H3,(H,16,18). The van der Waals surface area contributed by atoms with Crippen LogP contribution in [0.2, 0.25) is 0 Å². The summed E-state index contributed by atoms with van der Waals surface area (Å²) in [4.78, 5) is 2.41. The Hall–Kier alpha value is -0.310. The summed E-state index contributed by atoms with van der Waals surface area (Å²) in [6, 6.07) is 0.643. The van der Waals surface area contributed by atoms with Gasteiger partial charge in [0.25, 0.3) is 0 Å². The molecule has 1 aliphatic heterocycles. The van der Waals surface area contributed by atoms with Crippen molar-refractivity contribution in [3.8, 4) is 0 Å². The van der Waals surface area contributed by atoms with Crippen LogP contribution in [0.1, 0.15) is 65.2 Å². The zero-order valence-electron chi connectivity index (χ0n) is 12.0. The molecule has 1 saturated carbocycles. The number of hydrogen-bond donors (Lipinski definition) is 1. The maximum absolute atomic E-state index is 5.61. The van der Waals surface area contributed by atoms with Gasteiger partial charge >= 0.3 is 0 Å². The molecule has 0 aromatic rings. The van der Waals surface area contributed by atoms with Crippen molar-refractivity contribution < 1.29 is 0 Å². The summed E-state index contributed by atoms with van der Waals surface area (Å²) in [6.45, 7) is 6.97. The first-order valence-electron chi connectivity index (χ1n) is 7.74. The number of rotatable bonds is 3. The molecule has 0 radical (unpaired) electrons. The topological polar surface area (TPSA) is 15.3 Å². The number of thiocarbonyl (C=S) groups is 1. The van der Waals surface area contributed by atoms with Gasteiger partial charge in [0.15, 0.2) is 5.11 Å². The highest BCUT2D eigenvalue weighted by molar-refractivity contribution is 7.80. The van der Waals surface area contributed by atoms with Crippen molar-refractivity contribution in [2.75, 3.05) is 13.1 Å². The van der Waals surface area contributed by atoms with E-state index in [1.165, 1.54) is 57.9 Å². The van der Waals surface area contributed by atoms with Crippen LogP contribution in [-0.4, -0.2) is 29.1 Å². The lowest BCUT2D eigenvalue weighted by atomic mass is 9.82. The Kier molecular flexibility index (Phi) is 4.88. The fraction of sp³-hybridized carbons (Fsp3) is 0.933. The van der Waals surface area contributed by atoms with Gasteiger partial charge in [0, 0.05) is 19.1 Å². The Morgan fingerprint density at radius 1 is 1.22 bits per heavy atom. The molecular weight excluding hydrogens is 240 g/mol. The lowest BCUT2D eigenvalue weighted by Crippen LogP contribution is -2.45. The molecule has 1 heterocycles. The first-order valence-corrected chi connectivity index (χ1v) is 8.15. The van der Waals surface area contributed by atoms with E-state index in [0.717, 1.165) is 11.7 Å². The van der Waals surface area contributed by atoms with E-state index in [-0.39, 0.29) is 0 Å². The quantitative estimate of drug-likeness (QED) is 0.786. The van der Waals surface area contributed by atoms with E-state index < -0.39 is 0 Å². The summed E-state index contributed by atoms with van der Waals surface area (Å²) in [5, 5.41) is 4.62. The third kappa shape index (κ3) is 3.17. The smallest absolute Gasteiger partial charge is 0.169 e. The van der Waals surface area contributed by atoms with Crippen LogP contribution < -0.4 is 5.32 Å². The van der Waals surface area contributed by atoms with Gasteiger partial charge in [-0.05, 0) is 49.7 Å². The second-order valence-electron chi connectivity index (χ2n) is 6.16. The van der Waals surface area contributed by atoms with Crippen LogP contribution in [0.3, 0.4) is 0 Å². The summed E-state index contributed by atoms with van der Waals surface area (Å²) in [5.41, 5.74) is 0.526. The summed E-state index contributed by atoms with van der Waals surface area (Å²) < 4.78 is 0. The van der Waals surface area contributed by atoms with Crippen LogP contribution in [-0.2, 0) is 0 Å². The minimum Gasteiger partial charge on any atom is -0.360 e. The first kappa shape index (κ1) is 14.1. The van der Waals surface area contributed by atoms with Crippen LogP contribution in [0.15, 0.2) is 0 Å². The van der Waals surface area contributed by atoms with Crippen LogP contribution in [0, 0.1) is 5.41 Å². The monoisotopic (exact) mass is 268 g/mol. The highest BCUT2D eigenvalue weighted by atomic mass is 32.1. The largest absolute Gasteiger partial charge is 0.360 e. The third-order valence-corrected chi connectivity index (χ3v) is 5.53. The van der Waals surface area contributed by atoms with Crippen LogP contribution in [0.5, 0.6) is 0 Å². The van der Waals surface area contributed by atoms with Gasteiger partial charge in [-0.3, -0.25) is 0 Å². The third-order valence-electron chi connectivity index (χ3n) is 5.16. The van der Waals surface area contributed by atoms with E-state index in [9.17, 15) is 0 Å². The molecule has 0 spiro atoms. The average Bonchev–Trinajstić information content (AvgIpc) is 2.85. The van der Waals surface area contributed by atoms with Crippen molar-refractivity contribution in [2.45, 2.75) is 71.3 Å². The number of likely N-dealkylation sites (tertiary alicyclic amines) is 1. The Balaban J connectivity index is 1.83. The molecule has 1 saturated heterocycles. The van der Waals surface area contributed by atoms with Crippen LogP contribution >= 0.6 is 12.2 Å². The second-order valence-corrected chi connectivity index (χ2v) is 6.55. The number of nitrogens with one attached hydrogen (secondary N) is 1. The molecule has 104 valence electrons. The molecule has 0 amide bonds. The molecule has 1 N–H and O–H groups in total. The average molecular weight is 268 g/mol. The molecule has 3 heteroatoms. The molecule has 0 aromatic carbocycles. The predicted molar refractivity (Wildman–Crippen MR) is 81.8 cm³/mol. The fourth-order valence-corrected chi connectivity index (χ4v) is 3.77. The molecule has 0 aromatic heterocycles. The van der Waals surface area contributed by atoms with E-state index in [4.69, 9.17) is 12.2 Å². The molecule has 2 fully saturated rings. The Labute approximate surface area is 118 Å². The minimum absolute atomic E-state index is 0.526. The summed E-state index contributed by atoms with van der Waals surface area (Å²) in [7, 11) is 0. The Morgan fingerprint density at radius 2 is 1.89 bits per heavy atom. The van der Waals surface area contributed by atoms with Gasteiger partial charge in [-0.2, -0.15) is 0 Å². The van der Waals surface area contributed by atoms with E-state index in [0.29, 0.717) is 11.5 Å². The lowest BCUT2D eigenvalue weighted by Gasteiger charge is -2.30. The molecule has 2 rings (SSSR count). The van der Waals surface area contributed by atoms with Gasteiger partial charge < -0.3 is 10.2 Å². The van der Waals surface area contributed by atoms with Crippen LogP contribution in [0.4, 0.5) is 0 Å². The van der Waals surface area contributed by atoms with Gasteiger partial charge in [0.05, 0.1) is 0 Å². The molecule has 18 heavy (non-hydrogen) atoms. The molecule has 2 aliphatic rings. The van der Waals surface area contributed by atoms with Crippen molar-refractivity contribution >= 4 is 17.3 Å². The summed E-state index contributed by atoms with van der Waals surface area (Å²) in [6.07, 6.45) is 10.6. The van der Waals surface area contributed by atoms with Gasteiger partial charge in [-0.25, -0.2) is 0 Å². The summed E-state index contributed by atoms with van der Waals surface area (Å²) in [5.74, 6) is 0.